The fourth-order valence-electron chi connectivity index (χ4n) is 6.93. The molecule has 0 aliphatic heterocycles. The number of fused-ring (bicyclic) bond motifs is 3. The summed E-state index contributed by atoms with van der Waals surface area (Å²) >= 11 is 0. The highest BCUT2D eigenvalue weighted by atomic mass is 15.2. The van der Waals surface area contributed by atoms with Gasteiger partial charge in [0.2, 0.25) is 0 Å². The molecule has 50 heavy (non-hydrogen) atoms. The molecule has 8 rings (SSSR count). The van der Waals surface area contributed by atoms with Crippen LogP contribution < -0.4 is 0 Å². The monoisotopic (exact) mass is 643 g/mol. The van der Waals surface area contributed by atoms with Crippen LogP contribution in [0.2, 0.25) is 0 Å². The van der Waals surface area contributed by atoms with E-state index < -0.39 is 0 Å². The maximum Gasteiger partial charge on any atom is 0.131 e. The first-order chi connectivity index (χ1) is 24.7. The van der Waals surface area contributed by atoms with Gasteiger partial charge in [-0.3, -0.25) is 9.98 Å². The maximum atomic E-state index is 5.18. The van der Waals surface area contributed by atoms with Gasteiger partial charge in [-0.25, -0.2) is 0 Å². The summed E-state index contributed by atoms with van der Waals surface area (Å²) in [6.45, 7) is 1.31. The zero-order valence-corrected chi connectivity index (χ0v) is 28.1. The van der Waals surface area contributed by atoms with E-state index in [0.29, 0.717) is 13.1 Å². The van der Waals surface area contributed by atoms with E-state index in [1.165, 1.54) is 54.9 Å². The molecule has 0 bridgehead atoms. The minimum Gasteiger partial charge on any atom is -0.355 e. The first-order valence-electron chi connectivity index (χ1n) is 17.1. The maximum absolute atomic E-state index is 5.18. The average Bonchev–Trinajstić information content (AvgIpc) is 3.19. The Kier molecular flexibility index (Phi) is 8.70. The van der Waals surface area contributed by atoms with Crippen molar-refractivity contribution in [1.29, 1.82) is 0 Å². The Hall–Kier alpha value is -6.32. The van der Waals surface area contributed by atoms with E-state index in [2.05, 4.69) is 175 Å². The second-order valence-corrected chi connectivity index (χ2v) is 12.8. The molecule has 0 amide bonds. The third-order valence-corrected chi connectivity index (χ3v) is 9.33. The van der Waals surface area contributed by atoms with Crippen LogP contribution in [0.1, 0.15) is 16.7 Å². The van der Waals surface area contributed by atoms with Crippen molar-refractivity contribution in [2.75, 3.05) is 7.05 Å². The lowest BCUT2D eigenvalue weighted by Crippen LogP contribution is -2.27. The van der Waals surface area contributed by atoms with E-state index in [0.717, 1.165) is 22.5 Å². The minimum absolute atomic E-state index is 0.616. The van der Waals surface area contributed by atoms with E-state index >= 15 is 0 Å². The predicted molar refractivity (Wildman–Crippen MR) is 210 cm³/mol. The lowest BCUT2D eigenvalue weighted by Gasteiger charge is -2.23. The van der Waals surface area contributed by atoms with Crippen LogP contribution in [0.4, 0.5) is 0 Å². The Bertz CT molecular complexity index is 2430. The minimum atomic E-state index is 0.616. The van der Waals surface area contributed by atoms with E-state index in [-0.39, 0.29) is 0 Å². The van der Waals surface area contributed by atoms with Crippen LogP contribution >= 0.6 is 0 Å². The molecule has 3 heteroatoms. The zero-order chi connectivity index (χ0) is 33.7. The highest BCUT2D eigenvalue weighted by Crippen LogP contribution is 2.38. The molecule has 0 N–H and O–H groups in total. The molecular formula is C47H37N3. The lowest BCUT2D eigenvalue weighted by atomic mass is 9.90. The number of amidine groups is 1. The van der Waals surface area contributed by atoms with E-state index in [9.17, 15) is 0 Å². The number of nitrogens with zero attached hydrogens (tertiary/aromatic N) is 3. The van der Waals surface area contributed by atoms with Crippen molar-refractivity contribution >= 4 is 27.4 Å². The highest BCUT2D eigenvalue weighted by molar-refractivity contribution is 6.14. The van der Waals surface area contributed by atoms with E-state index in [4.69, 9.17) is 4.99 Å². The van der Waals surface area contributed by atoms with Gasteiger partial charge in [-0.05, 0) is 96.9 Å². The van der Waals surface area contributed by atoms with Crippen molar-refractivity contribution in [2.24, 2.45) is 4.99 Å². The smallest absolute Gasteiger partial charge is 0.131 e. The van der Waals surface area contributed by atoms with E-state index in [1.54, 1.807) is 0 Å². The fourth-order valence-corrected chi connectivity index (χ4v) is 6.93. The average molecular weight is 644 g/mol. The molecule has 0 aliphatic rings. The van der Waals surface area contributed by atoms with Gasteiger partial charge in [-0.15, -0.1) is 0 Å². The zero-order valence-electron chi connectivity index (χ0n) is 28.1. The molecule has 3 nitrogen and oxygen atoms in total. The Morgan fingerprint density at radius 3 is 1.94 bits per heavy atom. The number of benzene rings is 7. The molecule has 240 valence electrons. The van der Waals surface area contributed by atoms with Gasteiger partial charge in [0.25, 0.3) is 0 Å². The second-order valence-electron chi connectivity index (χ2n) is 12.8. The number of aromatic nitrogens is 1. The van der Waals surface area contributed by atoms with Crippen molar-refractivity contribution < 1.29 is 0 Å². The van der Waals surface area contributed by atoms with Crippen LogP contribution in [0, 0.1) is 0 Å². The van der Waals surface area contributed by atoms with Crippen LogP contribution in [-0.4, -0.2) is 22.8 Å². The summed E-state index contributed by atoms with van der Waals surface area (Å²) in [6, 6.07) is 60.8. The largest absolute Gasteiger partial charge is 0.355 e. The summed E-state index contributed by atoms with van der Waals surface area (Å²) in [5, 5.41) is 5.03. The summed E-state index contributed by atoms with van der Waals surface area (Å²) < 4.78 is 0. The van der Waals surface area contributed by atoms with Gasteiger partial charge in [0, 0.05) is 37.1 Å². The molecule has 8 aromatic rings. The van der Waals surface area contributed by atoms with Crippen molar-refractivity contribution in [1.82, 2.24) is 9.88 Å². The van der Waals surface area contributed by atoms with Crippen molar-refractivity contribution in [3.63, 3.8) is 0 Å². The van der Waals surface area contributed by atoms with Crippen LogP contribution in [0.15, 0.2) is 187 Å². The summed E-state index contributed by atoms with van der Waals surface area (Å²) in [6.07, 6.45) is 3.75. The molecule has 7 aromatic carbocycles. The summed E-state index contributed by atoms with van der Waals surface area (Å²) in [4.78, 5) is 11.8. The highest BCUT2D eigenvalue weighted by Gasteiger charge is 2.15. The second kappa shape index (κ2) is 14.0. The number of hydrogen-bond donors (Lipinski definition) is 0. The van der Waals surface area contributed by atoms with Crippen LogP contribution in [0.5, 0.6) is 0 Å². The first kappa shape index (κ1) is 31.0. The van der Waals surface area contributed by atoms with Gasteiger partial charge in [0.05, 0.1) is 6.54 Å². The lowest BCUT2D eigenvalue weighted by molar-refractivity contribution is 0.499. The predicted octanol–water partition coefficient (Wildman–Crippen LogP) is 11.5. The molecule has 0 unspecified atom stereocenters. The summed E-state index contributed by atoms with van der Waals surface area (Å²) in [5.74, 6) is 0.969. The standard InChI is InChI=1S/C47H37N3/c1-50(47(36-16-6-3-7-17-36)49-31-34-14-4-2-5-15-34)33-35-26-41(38-20-12-19-37(28-38)40-21-13-25-48-32-40)29-42(27-35)46-30-39-18-8-9-22-43(39)44-23-10-11-24-45(44)46/h2-30,32H,31,33H2,1H3. The van der Waals surface area contributed by atoms with Gasteiger partial charge in [-0.1, -0.05) is 133 Å². The summed E-state index contributed by atoms with van der Waals surface area (Å²) in [5.41, 5.74) is 10.5. The molecule has 0 aliphatic carbocycles. The third kappa shape index (κ3) is 6.54. The van der Waals surface area contributed by atoms with Crippen LogP contribution in [0.25, 0.3) is 54.9 Å². The molecule has 0 fully saturated rings. The van der Waals surface area contributed by atoms with E-state index in [1.807, 2.05) is 24.5 Å². The first-order valence-corrected chi connectivity index (χ1v) is 17.1. The topological polar surface area (TPSA) is 28.5 Å². The molecule has 1 heterocycles. The van der Waals surface area contributed by atoms with Gasteiger partial charge in [0.1, 0.15) is 5.84 Å². The van der Waals surface area contributed by atoms with Crippen LogP contribution in [-0.2, 0) is 13.1 Å². The Morgan fingerprint density at radius 1 is 0.520 bits per heavy atom. The summed E-state index contributed by atoms with van der Waals surface area (Å²) in [7, 11) is 2.15. The molecule has 0 saturated heterocycles. The normalized spacial score (nSPS) is 11.6. The number of pyridine rings is 1. The Morgan fingerprint density at radius 2 is 1.16 bits per heavy atom. The van der Waals surface area contributed by atoms with Crippen molar-refractivity contribution in [2.45, 2.75) is 13.1 Å². The fraction of sp³-hybridized carbons (Fsp3) is 0.0638. The number of hydrogen-bond acceptors (Lipinski definition) is 2. The van der Waals surface area contributed by atoms with Gasteiger partial charge >= 0.3 is 0 Å². The Labute approximate surface area is 293 Å². The van der Waals surface area contributed by atoms with Gasteiger partial charge in [-0.2, -0.15) is 0 Å². The molecule has 1 aromatic heterocycles. The van der Waals surface area contributed by atoms with Crippen LogP contribution in [0.3, 0.4) is 0 Å². The quantitative estimate of drug-likeness (QED) is 0.0936. The van der Waals surface area contributed by atoms with Gasteiger partial charge < -0.3 is 4.90 Å². The molecule has 0 spiro atoms. The molecule has 0 saturated carbocycles. The molecule has 0 atom stereocenters. The van der Waals surface area contributed by atoms with Gasteiger partial charge in [0.15, 0.2) is 0 Å². The number of aliphatic imine (C=N–C) groups is 1. The van der Waals surface area contributed by atoms with Crippen molar-refractivity contribution in [3.8, 4) is 33.4 Å². The van der Waals surface area contributed by atoms with Crippen molar-refractivity contribution in [3.05, 3.63) is 199 Å². The third-order valence-electron chi connectivity index (χ3n) is 9.33. The molecular weight excluding hydrogens is 607 g/mol. The Balaban J connectivity index is 1.26. The SMILES string of the molecule is CN(Cc1cc(-c2cccc(-c3cccnc3)c2)cc(-c2cc3ccccc3c3ccccc23)c1)C(=NCc1ccccc1)c1ccccc1. The number of rotatable bonds is 8. The molecule has 0 radical (unpaired) electrons.